The Morgan fingerprint density at radius 2 is 1.71 bits per heavy atom. The van der Waals surface area contributed by atoms with Crippen LogP contribution in [0, 0.1) is 0 Å². The molecule has 0 spiro atoms. The summed E-state index contributed by atoms with van der Waals surface area (Å²) in [6.45, 7) is 1.90. The molecule has 8 nitrogen and oxygen atoms in total. The number of benzene rings is 3. The number of fused-ring (bicyclic) bond motifs is 1. The van der Waals surface area contributed by atoms with Gasteiger partial charge >= 0.3 is 11.9 Å². The third kappa shape index (κ3) is 4.86. The van der Waals surface area contributed by atoms with Crippen molar-refractivity contribution in [3.05, 3.63) is 83.6 Å². The van der Waals surface area contributed by atoms with Gasteiger partial charge in [-0.25, -0.2) is 9.59 Å². The van der Waals surface area contributed by atoms with E-state index in [2.05, 4.69) is 10.3 Å². The first kappa shape index (κ1) is 23.6. The Morgan fingerprint density at radius 3 is 2.40 bits per heavy atom. The minimum absolute atomic E-state index is 0.0277. The molecule has 178 valence electrons. The van der Waals surface area contributed by atoms with Crippen LogP contribution in [0.1, 0.15) is 33.2 Å². The third-order valence-corrected chi connectivity index (χ3v) is 5.57. The van der Waals surface area contributed by atoms with E-state index >= 15 is 0 Å². The number of hydrogen-bond acceptors (Lipinski definition) is 5. The van der Waals surface area contributed by atoms with E-state index in [1.54, 1.807) is 74.7 Å². The molecule has 0 aliphatic heterocycles. The molecular formula is C27H24N2O6. The lowest BCUT2D eigenvalue weighted by molar-refractivity contribution is -0.115. The van der Waals surface area contributed by atoms with Crippen LogP contribution in [0.15, 0.2) is 66.9 Å². The molecule has 3 N–H and O–H groups in total. The summed E-state index contributed by atoms with van der Waals surface area (Å²) in [5.74, 6) is -1.28. The second kappa shape index (κ2) is 10.1. The van der Waals surface area contributed by atoms with E-state index in [-0.39, 0.29) is 30.1 Å². The standard InChI is InChI=1S/C27H24N2O6/c1-3-35-27(33)19-7-5-4-6-18(19)24-22(13-12-21-25(24)20(15-28-21)26(31)32)29-23(30)14-16-8-10-17(34-2)11-9-16/h4-13,15,28H,3,14H2,1-2H3,(H,29,30)(H,31,32). The number of carbonyl (C=O) groups excluding carboxylic acids is 2. The van der Waals surface area contributed by atoms with Crippen LogP contribution < -0.4 is 10.1 Å². The van der Waals surface area contributed by atoms with Crippen LogP contribution in [0.3, 0.4) is 0 Å². The van der Waals surface area contributed by atoms with Crippen molar-refractivity contribution in [3.63, 3.8) is 0 Å². The Hall–Kier alpha value is -4.59. The maximum absolute atomic E-state index is 13.0. The van der Waals surface area contributed by atoms with Crippen molar-refractivity contribution in [2.45, 2.75) is 13.3 Å². The zero-order chi connectivity index (χ0) is 24.9. The summed E-state index contributed by atoms with van der Waals surface area (Å²) in [5, 5.41) is 13.1. The normalized spacial score (nSPS) is 10.7. The largest absolute Gasteiger partial charge is 0.497 e. The number of ether oxygens (including phenoxy) is 2. The lowest BCUT2D eigenvalue weighted by atomic mass is 9.93. The molecule has 4 rings (SSSR count). The number of amides is 1. The molecule has 35 heavy (non-hydrogen) atoms. The van der Waals surface area contributed by atoms with Gasteiger partial charge in [0.25, 0.3) is 0 Å². The number of aromatic carboxylic acids is 1. The fourth-order valence-electron chi connectivity index (χ4n) is 3.99. The van der Waals surface area contributed by atoms with E-state index in [1.165, 1.54) is 6.20 Å². The molecule has 0 radical (unpaired) electrons. The number of carboxylic acids is 1. The summed E-state index contributed by atoms with van der Waals surface area (Å²) in [6, 6.07) is 17.3. The quantitative estimate of drug-likeness (QED) is 0.314. The molecule has 0 fully saturated rings. The molecular weight excluding hydrogens is 448 g/mol. The molecule has 8 heteroatoms. The molecule has 1 amide bonds. The molecule has 0 atom stereocenters. The number of aromatic nitrogens is 1. The lowest BCUT2D eigenvalue weighted by Gasteiger charge is -2.16. The van der Waals surface area contributed by atoms with Crippen molar-refractivity contribution in [1.82, 2.24) is 4.98 Å². The minimum atomic E-state index is -1.13. The predicted molar refractivity (Wildman–Crippen MR) is 132 cm³/mol. The number of H-pyrrole nitrogens is 1. The molecule has 0 aliphatic carbocycles. The van der Waals surface area contributed by atoms with Crippen molar-refractivity contribution >= 4 is 34.4 Å². The lowest BCUT2D eigenvalue weighted by Crippen LogP contribution is -2.16. The smallest absolute Gasteiger partial charge is 0.338 e. The van der Waals surface area contributed by atoms with Crippen LogP contribution in [0.2, 0.25) is 0 Å². The molecule has 0 bridgehead atoms. The Bertz CT molecular complexity index is 1410. The van der Waals surface area contributed by atoms with Gasteiger partial charge in [-0.1, -0.05) is 30.3 Å². The number of carboxylic acid groups (broad SMARTS) is 1. The predicted octanol–water partition coefficient (Wildman–Crippen LogP) is 4.90. The average molecular weight is 472 g/mol. The van der Waals surface area contributed by atoms with Crippen molar-refractivity contribution in [2.75, 3.05) is 19.0 Å². The number of hydrogen-bond donors (Lipinski definition) is 3. The first-order valence-electron chi connectivity index (χ1n) is 11.0. The van der Waals surface area contributed by atoms with Crippen molar-refractivity contribution < 1.29 is 29.0 Å². The van der Waals surface area contributed by atoms with Crippen molar-refractivity contribution in [1.29, 1.82) is 0 Å². The van der Waals surface area contributed by atoms with E-state index in [9.17, 15) is 19.5 Å². The van der Waals surface area contributed by atoms with Crippen LogP contribution >= 0.6 is 0 Å². The molecule has 0 aliphatic rings. The zero-order valence-electron chi connectivity index (χ0n) is 19.3. The Labute approximate surface area is 201 Å². The summed E-state index contributed by atoms with van der Waals surface area (Å²) < 4.78 is 10.4. The summed E-state index contributed by atoms with van der Waals surface area (Å²) in [5.41, 5.74) is 2.90. The fourth-order valence-corrected chi connectivity index (χ4v) is 3.99. The zero-order valence-corrected chi connectivity index (χ0v) is 19.3. The van der Waals surface area contributed by atoms with Crippen molar-refractivity contribution in [2.24, 2.45) is 0 Å². The number of aromatic amines is 1. The van der Waals surface area contributed by atoms with E-state index in [1.807, 2.05) is 0 Å². The van der Waals surface area contributed by atoms with Gasteiger partial charge in [0.05, 0.1) is 31.3 Å². The third-order valence-electron chi connectivity index (χ3n) is 5.57. The number of carbonyl (C=O) groups is 3. The minimum Gasteiger partial charge on any atom is -0.497 e. The molecule has 0 saturated heterocycles. The highest BCUT2D eigenvalue weighted by atomic mass is 16.5. The summed E-state index contributed by atoms with van der Waals surface area (Å²) in [4.78, 5) is 40.7. The van der Waals surface area contributed by atoms with Crippen molar-refractivity contribution in [3.8, 4) is 16.9 Å². The summed E-state index contributed by atoms with van der Waals surface area (Å²) in [7, 11) is 1.57. The molecule has 0 saturated carbocycles. The van der Waals surface area contributed by atoms with Gasteiger partial charge in [-0.3, -0.25) is 4.79 Å². The van der Waals surface area contributed by atoms with Gasteiger partial charge in [-0.2, -0.15) is 0 Å². The van der Waals surface area contributed by atoms with E-state index in [4.69, 9.17) is 9.47 Å². The number of rotatable bonds is 8. The molecule has 0 unspecified atom stereocenters. The molecule has 3 aromatic carbocycles. The van der Waals surface area contributed by atoms with Gasteiger partial charge in [0.15, 0.2) is 0 Å². The maximum atomic E-state index is 13.0. The second-order valence-electron chi connectivity index (χ2n) is 7.76. The van der Waals surface area contributed by atoms with Gasteiger partial charge in [-0.05, 0) is 48.4 Å². The highest BCUT2D eigenvalue weighted by molar-refractivity contribution is 6.16. The average Bonchev–Trinajstić information content (AvgIpc) is 3.29. The van der Waals surface area contributed by atoms with Crippen LogP contribution in [-0.2, 0) is 16.0 Å². The first-order chi connectivity index (χ1) is 16.9. The summed E-state index contributed by atoms with van der Waals surface area (Å²) >= 11 is 0. The molecule has 4 aromatic rings. The van der Waals surface area contributed by atoms with Crippen LogP contribution in [-0.4, -0.2) is 41.7 Å². The van der Waals surface area contributed by atoms with Gasteiger partial charge in [0.2, 0.25) is 5.91 Å². The van der Waals surface area contributed by atoms with E-state index in [0.29, 0.717) is 33.5 Å². The maximum Gasteiger partial charge on any atom is 0.338 e. The van der Waals surface area contributed by atoms with E-state index in [0.717, 1.165) is 5.56 Å². The first-order valence-corrected chi connectivity index (χ1v) is 11.0. The number of anilines is 1. The van der Waals surface area contributed by atoms with Gasteiger partial charge in [-0.15, -0.1) is 0 Å². The van der Waals surface area contributed by atoms with Crippen LogP contribution in [0.5, 0.6) is 5.75 Å². The molecule has 1 aromatic heterocycles. The highest BCUT2D eigenvalue weighted by Gasteiger charge is 2.23. The number of esters is 1. The monoisotopic (exact) mass is 472 g/mol. The summed E-state index contributed by atoms with van der Waals surface area (Å²) in [6.07, 6.45) is 1.49. The molecule has 1 heterocycles. The number of methoxy groups -OCH3 is 1. The Morgan fingerprint density at radius 1 is 0.971 bits per heavy atom. The van der Waals surface area contributed by atoms with Gasteiger partial charge < -0.3 is 24.9 Å². The van der Waals surface area contributed by atoms with Gasteiger partial charge in [0, 0.05) is 28.4 Å². The Balaban J connectivity index is 1.82. The van der Waals surface area contributed by atoms with Crippen LogP contribution in [0.25, 0.3) is 22.0 Å². The van der Waals surface area contributed by atoms with Gasteiger partial charge in [0.1, 0.15) is 5.75 Å². The Kier molecular flexibility index (Phi) is 6.82. The topological polar surface area (TPSA) is 118 Å². The van der Waals surface area contributed by atoms with E-state index < -0.39 is 11.9 Å². The number of nitrogens with one attached hydrogen (secondary N) is 2. The fraction of sp³-hybridized carbons (Fsp3) is 0.148. The SMILES string of the molecule is CCOC(=O)c1ccccc1-c1c(NC(=O)Cc2ccc(OC)cc2)ccc2[nH]cc(C(=O)O)c12. The van der Waals surface area contributed by atoms with Crippen LogP contribution in [0.4, 0.5) is 5.69 Å². The highest BCUT2D eigenvalue weighted by Crippen LogP contribution is 2.39. The second-order valence-corrected chi connectivity index (χ2v) is 7.76.